The number of nitrogens with one attached hydrogen (secondary N) is 2. The normalized spacial score (nSPS) is 12.2. The molecule has 0 fully saturated rings. The molecule has 0 amide bonds. The van der Waals surface area contributed by atoms with Crippen LogP contribution in [0.4, 0.5) is 0 Å². The van der Waals surface area contributed by atoms with E-state index in [0.717, 1.165) is 21.8 Å². The molecule has 8 heteroatoms. The molecule has 2 aromatic rings. The summed E-state index contributed by atoms with van der Waals surface area (Å²) >= 11 is 1.15. The SMILES string of the molecule is CN=C(NCc1ccccc1)NCc1ccc(S(N)(=O)=O)s1. The number of guanidine groups is 1. The molecule has 0 bridgehead atoms. The van der Waals surface area contributed by atoms with Crippen LogP contribution in [0.2, 0.25) is 0 Å². The van der Waals surface area contributed by atoms with Crippen LogP contribution in [0, 0.1) is 0 Å². The standard InChI is InChI=1S/C14H18N4O2S2/c1-16-14(17-9-11-5-3-2-4-6-11)18-10-12-7-8-13(21-12)22(15,19)20/h2-8H,9-10H2,1H3,(H2,15,19,20)(H2,16,17,18). The van der Waals surface area contributed by atoms with Gasteiger partial charge >= 0.3 is 0 Å². The van der Waals surface area contributed by atoms with Gasteiger partial charge in [-0.15, -0.1) is 11.3 Å². The van der Waals surface area contributed by atoms with Crippen LogP contribution in [-0.2, 0) is 23.1 Å². The van der Waals surface area contributed by atoms with E-state index in [1.54, 1.807) is 13.1 Å². The summed E-state index contributed by atoms with van der Waals surface area (Å²) in [6.07, 6.45) is 0. The Balaban J connectivity index is 1.88. The molecule has 1 heterocycles. The smallest absolute Gasteiger partial charge is 0.247 e. The van der Waals surface area contributed by atoms with Crippen LogP contribution >= 0.6 is 11.3 Å². The van der Waals surface area contributed by atoms with E-state index in [-0.39, 0.29) is 4.21 Å². The molecule has 0 saturated carbocycles. The fourth-order valence-electron chi connectivity index (χ4n) is 1.78. The first-order chi connectivity index (χ1) is 10.5. The van der Waals surface area contributed by atoms with E-state index < -0.39 is 10.0 Å². The van der Waals surface area contributed by atoms with Crippen molar-refractivity contribution >= 4 is 27.3 Å². The largest absolute Gasteiger partial charge is 0.352 e. The van der Waals surface area contributed by atoms with E-state index >= 15 is 0 Å². The minimum absolute atomic E-state index is 0.163. The number of hydrogen-bond acceptors (Lipinski definition) is 4. The Morgan fingerprint density at radius 1 is 1.14 bits per heavy atom. The highest BCUT2D eigenvalue weighted by Crippen LogP contribution is 2.19. The molecule has 0 spiro atoms. The van der Waals surface area contributed by atoms with Gasteiger partial charge in [0.2, 0.25) is 10.0 Å². The Hall–Kier alpha value is -1.90. The van der Waals surface area contributed by atoms with Crippen LogP contribution in [0.1, 0.15) is 10.4 Å². The molecule has 0 saturated heterocycles. The summed E-state index contributed by atoms with van der Waals surface area (Å²) < 4.78 is 22.6. The lowest BCUT2D eigenvalue weighted by molar-refractivity contribution is 0.600. The molecular formula is C14H18N4O2S2. The third-order valence-corrected chi connectivity index (χ3v) is 5.40. The highest BCUT2D eigenvalue weighted by Gasteiger charge is 2.11. The van der Waals surface area contributed by atoms with E-state index in [9.17, 15) is 8.42 Å². The monoisotopic (exact) mass is 338 g/mol. The number of nitrogens with zero attached hydrogens (tertiary/aromatic N) is 1. The third-order valence-electron chi connectivity index (χ3n) is 2.87. The molecule has 22 heavy (non-hydrogen) atoms. The first-order valence-corrected chi connectivity index (χ1v) is 8.95. The molecule has 118 valence electrons. The lowest BCUT2D eigenvalue weighted by atomic mass is 10.2. The minimum Gasteiger partial charge on any atom is -0.352 e. The Labute approximate surface area is 134 Å². The van der Waals surface area contributed by atoms with Crippen molar-refractivity contribution in [1.29, 1.82) is 0 Å². The topological polar surface area (TPSA) is 96.6 Å². The highest BCUT2D eigenvalue weighted by atomic mass is 32.2. The lowest BCUT2D eigenvalue weighted by Gasteiger charge is -2.11. The van der Waals surface area contributed by atoms with E-state index in [0.29, 0.717) is 19.0 Å². The zero-order chi connectivity index (χ0) is 16.0. The molecule has 1 aromatic carbocycles. The molecule has 0 aliphatic carbocycles. The number of rotatable bonds is 5. The summed E-state index contributed by atoms with van der Waals surface area (Å²) in [6.45, 7) is 1.14. The van der Waals surface area contributed by atoms with Crippen LogP contribution in [0.3, 0.4) is 0 Å². The van der Waals surface area contributed by atoms with Gasteiger partial charge < -0.3 is 10.6 Å². The second kappa shape index (κ2) is 7.39. The summed E-state index contributed by atoms with van der Waals surface area (Å²) in [5.41, 5.74) is 1.15. The van der Waals surface area contributed by atoms with Gasteiger partial charge in [0.1, 0.15) is 4.21 Å². The molecule has 4 N–H and O–H groups in total. The van der Waals surface area contributed by atoms with Gasteiger partial charge in [0, 0.05) is 18.5 Å². The van der Waals surface area contributed by atoms with Gasteiger partial charge in [-0.3, -0.25) is 4.99 Å². The average Bonchev–Trinajstić information content (AvgIpc) is 2.97. The maximum Gasteiger partial charge on any atom is 0.247 e. The second-order valence-electron chi connectivity index (χ2n) is 4.53. The summed E-state index contributed by atoms with van der Waals surface area (Å²) in [4.78, 5) is 5.00. The lowest BCUT2D eigenvalue weighted by Crippen LogP contribution is -2.36. The molecule has 0 atom stereocenters. The summed E-state index contributed by atoms with van der Waals surface area (Å²) in [5.74, 6) is 0.648. The van der Waals surface area contributed by atoms with Crippen LogP contribution in [0.25, 0.3) is 0 Å². The van der Waals surface area contributed by atoms with E-state index in [2.05, 4.69) is 15.6 Å². The zero-order valence-electron chi connectivity index (χ0n) is 12.1. The Kier molecular flexibility index (Phi) is 5.53. The van der Waals surface area contributed by atoms with Gasteiger partial charge in [0.05, 0.1) is 6.54 Å². The van der Waals surface area contributed by atoms with Crippen molar-refractivity contribution in [2.24, 2.45) is 10.1 Å². The van der Waals surface area contributed by atoms with Crippen molar-refractivity contribution in [1.82, 2.24) is 10.6 Å². The highest BCUT2D eigenvalue weighted by molar-refractivity contribution is 7.91. The van der Waals surface area contributed by atoms with Crippen molar-refractivity contribution in [2.45, 2.75) is 17.3 Å². The molecule has 2 rings (SSSR count). The van der Waals surface area contributed by atoms with Crippen molar-refractivity contribution in [3.8, 4) is 0 Å². The number of primary sulfonamides is 1. The number of benzene rings is 1. The number of nitrogens with two attached hydrogens (primary N) is 1. The van der Waals surface area contributed by atoms with Crippen LogP contribution in [-0.4, -0.2) is 21.4 Å². The van der Waals surface area contributed by atoms with E-state index in [1.165, 1.54) is 6.07 Å². The first-order valence-electron chi connectivity index (χ1n) is 6.59. The van der Waals surface area contributed by atoms with Gasteiger partial charge in [-0.1, -0.05) is 30.3 Å². The van der Waals surface area contributed by atoms with Crippen LogP contribution in [0.5, 0.6) is 0 Å². The van der Waals surface area contributed by atoms with Crippen molar-refractivity contribution in [3.05, 3.63) is 52.9 Å². The predicted molar refractivity (Wildman–Crippen MR) is 89.2 cm³/mol. The maximum atomic E-state index is 11.2. The average molecular weight is 338 g/mol. The number of hydrogen-bond donors (Lipinski definition) is 3. The molecule has 0 aliphatic rings. The molecule has 0 unspecified atom stereocenters. The molecule has 0 radical (unpaired) electrons. The summed E-state index contributed by atoms with van der Waals surface area (Å²) in [6, 6.07) is 13.2. The molecule has 6 nitrogen and oxygen atoms in total. The van der Waals surface area contributed by atoms with Gasteiger partial charge in [-0.05, 0) is 17.7 Å². The Morgan fingerprint density at radius 2 is 1.82 bits per heavy atom. The third kappa shape index (κ3) is 4.83. The zero-order valence-corrected chi connectivity index (χ0v) is 13.7. The number of aliphatic imine (C=N–C) groups is 1. The van der Waals surface area contributed by atoms with Crippen molar-refractivity contribution in [2.75, 3.05) is 7.05 Å². The van der Waals surface area contributed by atoms with Gasteiger partial charge in [0.15, 0.2) is 5.96 Å². The molecular weight excluding hydrogens is 320 g/mol. The predicted octanol–water partition coefficient (Wildman–Crippen LogP) is 1.26. The minimum atomic E-state index is -3.63. The summed E-state index contributed by atoms with van der Waals surface area (Å²) in [5, 5.41) is 11.4. The van der Waals surface area contributed by atoms with Gasteiger partial charge in [0.25, 0.3) is 0 Å². The van der Waals surface area contributed by atoms with Crippen LogP contribution < -0.4 is 15.8 Å². The van der Waals surface area contributed by atoms with Crippen LogP contribution in [0.15, 0.2) is 51.7 Å². The number of thiophene rings is 1. The summed E-state index contributed by atoms with van der Waals surface area (Å²) in [7, 11) is -1.94. The fraction of sp³-hybridized carbons (Fsp3) is 0.214. The fourth-order valence-corrected chi connectivity index (χ4v) is 3.50. The quantitative estimate of drug-likeness (QED) is 0.565. The first kappa shape index (κ1) is 16.5. The van der Waals surface area contributed by atoms with Crippen molar-refractivity contribution in [3.63, 3.8) is 0 Å². The molecule has 0 aliphatic heterocycles. The van der Waals surface area contributed by atoms with E-state index in [4.69, 9.17) is 5.14 Å². The van der Waals surface area contributed by atoms with Crippen molar-refractivity contribution < 1.29 is 8.42 Å². The van der Waals surface area contributed by atoms with E-state index in [1.807, 2.05) is 30.3 Å². The molecule has 1 aromatic heterocycles. The second-order valence-corrected chi connectivity index (χ2v) is 7.49. The van der Waals surface area contributed by atoms with Gasteiger partial charge in [-0.25, -0.2) is 13.6 Å². The number of sulfonamides is 1. The van der Waals surface area contributed by atoms with Gasteiger partial charge in [-0.2, -0.15) is 0 Å². The Morgan fingerprint density at radius 3 is 2.41 bits per heavy atom. The maximum absolute atomic E-state index is 11.2. The Bertz CT molecular complexity index is 739.